The van der Waals surface area contributed by atoms with Crippen LogP contribution in [0.25, 0.3) is 0 Å². The van der Waals surface area contributed by atoms with Crippen LogP contribution in [0.15, 0.2) is 0 Å². The largest absolute Gasteiger partial charge is 0.443 e. The van der Waals surface area contributed by atoms with Gasteiger partial charge in [0.1, 0.15) is 12.2 Å². The van der Waals surface area contributed by atoms with Crippen molar-refractivity contribution in [2.45, 2.75) is 141 Å². The fraction of sp³-hybridized carbons (Fsp3) is 0.923. The molecule has 0 aromatic rings. The molecule has 0 radical (unpaired) electrons. The zero-order valence-electron chi connectivity index (χ0n) is 21.8. The summed E-state index contributed by atoms with van der Waals surface area (Å²) < 4.78 is 23.1. The maximum Gasteiger partial charge on any atom is 0.407 e. The van der Waals surface area contributed by atoms with E-state index in [-0.39, 0.29) is 48.8 Å². The predicted octanol–water partition coefficient (Wildman–Crippen LogP) is 5.47. The molecule has 2 N–H and O–H groups in total. The summed E-state index contributed by atoms with van der Waals surface area (Å²) in [5, 5.41) is 5.72. The second-order valence-electron chi connectivity index (χ2n) is 10.2. The van der Waals surface area contributed by atoms with Crippen molar-refractivity contribution < 1.29 is 28.5 Å². The van der Waals surface area contributed by atoms with E-state index < -0.39 is 0 Å². The van der Waals surface area contributed by atoms with Crippen LogP contribution in [-0.2, 0) is 18.9 Å². The topological polar surface area (TPSA) is 95.1 Å². The summed E-state index contributed by atoms with van der Waals surface area (Å²) >= 11 is 0. The molecule has 0 aliphatic heterocycles. The van der Waals surface area contributed by atoms with Crippen LogP contribution in [-0.4, -0.2) is 61.9 Å². The van der Waals surface area contributed by atoms with E-state index in [9.17, 15) is 9.59 Å². The average Bonchev–Trinajstić information content (AvgIpc) is 2.77. The van der Waals surface area contributed by atoms with Crippen molar-refractivity contribution in [2.75, 3.05) is 13.1 Å². The van der Waals surface area contributed by atoms with Gasteiger partial charge in [0.2, 0.25) is 0 Å². The molecule has 4 atom stereocenters. The molecule has 2 saturated carbocycles. The maximum absolute atomic E-state index is 12.1. The van der Waals surface area contributed by atoms with Crippen molar-refractivity contribution in [3.05, 3.63) is 0 Å². The van der Waals surface area contributed by atoms with E-state index in [2.05, 4.69) is 10.6 Å². The van der Waals surface area contributed by atoms with Gasteiger partial charge in [-0.05, 0) is 79.1 Å². The summed E-state index contributed by atoms with van der Waals surface area (Å²) in [5.74, 6) is 0. The van der Waals surface area contributed by atoms with E-state index in [4.69, 9.17) is 18.9 Å². The number of amides is 2. The van der Waals surface area contributed by atoms with Gasteiger partial charge in [-0.15, -0.1) is 0 Å². The highest BCUT2D eigenvalue weighted by Crippen LogP contribution is 2.26. The number of carbonyl (C=O) groups is 2. The average molecular weight is 485 g/mol. The number of nitrogens with one attached hydrogen (secondary N) is 2. The SMILES string of the molecule is CC(C)O[C@H]1CCCC[C@@H]1OC(=O)NCCCCCCNC(=O)O[C@@H]1CCCC[C@@H]1OC(C)C. The monoisotopic (exact) mass is 484 g/mol. The molecule has 8 nitrogen and oxygen atoms in total. The maximum atomic E-state index is 12.1. The second kappa shape index (κ2) is 16.2. The smallest absolute Gasteiger partial charge is 0.407 e. The molecule has 0 aromatic heterocycles. The number of alkyl carbamates (subject to hydrolysis) is 2. The highest BCUT2D eigenvalue weighted by Gasteiger charge is 2.30. The van der Waals surface area contributed by atoms with Gasteiger partial charge in [0.25, 0.3) is 0 Å². The first-order valence-electron chi connectivity index (χ1n) is 13.5. The van der Waals surface area contributed by atoms with E-state index in [1.165, 1.54) is 0 Å². The van der Waals surface area contributed by atoms with Crippen LogP contribution in [0.2, 0.25) is 0 Å². The Kier molecular flexibility index (Phi) is 13.7. The molecule has 34 heavy (non-hydrogen) atoms. The number of rotatable bonds is 13. The van der Waals surface area contributed by atoms with Gasteiger partial charge in [0.15, 0.2) is 0 Å². The summed E-state index contributed by atoms with van der Waals surface area (Å²) in [5.41, 5.74) is 0. The van der Waals surface area contributed by atoms with Crippen LogP contribution >= 0.6 is 0 Å². The molecule has 0 spiro atoms. The minimum atomic E-state index is -0.351. The van der Waals surface area contributed by atoms with E-state index in [1.807, 2.05) is 27.7 Å². The molecule has 0 aromatic carbocycles. The van der Waals surface area contributed by atoms with E-state index in [1.54, 1.807) is 0 Å². The molecule has 0 unspecified atom stereocenters. The number of unbranched alkanes of at least 4 members (excludes halogenated alkanes) is 3. The highest BCUT2D eigenvalue weighted by molar-refractivity contribution is 5.67. The summed E-state index contributed by atoms with van der Waals surface area (Å²) in [6.07, 6.45) is 11.0. The van der Waals surface area contributed by atoms with Crippen LogP contribution < -0.4 is 10.6 Å². The molecule has 0 bridgehead atoms. The lowest BCUT2D eigenvalue weighted by Gasteiger charge is -2.32. The Morgan fingerprint density at radius 1 is 0.618 bits per heavy atom. The fourth-order valence-electron chi connectivity index (χ4n) is 4.75. The van der Waals surface area contributed by atoms with Gasteiger partial charge < -0.3 is 29.6 Å². The van der Waals surface area contributed by atoms with Crippen LogP contribution in [0.3, 0.4) is 0 Å². The first kappa shape index (κ1) is 28.7. The Morgan fingerprint density at radius 2 is 0.971 bits per heavy atom. The van der Waals surface area contributed by atoms with Crippen LogP contribution in [0, 0.1) is 0 Å². The van der Waals surface area contributed by atoms with Gasteiger partial charge >= 0.3 is 12.2 Å². The molecule has 8 heteroatoms. The Bertz CT molecular complexity index is 536. The van der Waals surface area contributed by atoms with Crippen molar-refractivity contribution in [1.82, 2.24) is 10.6 Å². The Hall–Kier alpha value is -1.54. The Balaban J connectivity index is 1.49. The number of carbonyl (C=O) groups excluding carboxylic acids is 2. The second-order valence-corrected chi connectivity index (χ2v) is 10.2. The lowest BCUT2D eigenvalue weighted by molar-refractivity contribution is -0.0864. The first-order chi connectivity index (χ1) is 16.3. The van der Waals surface area contributed by atoms with E-state index in [0.717, 1.165) is 77.0 Å². The molecule has 2 fully saturated rings. The molecular weight excluding hydrogens is 436 g/mol. The van der Waals surface area contributed by atoms with Crippen molar-refractivity contribution in [1.29, 1.82) is 0 Å². The Morgan fingerprint density at radius 3 is 1.32 bits per heavy atom. The molecule has 198 valence electrons. The van der Waals surface area contributed by atoms with Gasteiger partial charge in [0, 0.05) is 13.1 Å². The normalized spacial score (nSPS) is 25.2. The Labute approximate surface area is 206 Å². The quantitative estimate of drug-likeness (QED) is 0.337. The minimum Gasteiger partial charge on any atom is -0.443 e. The molecule has 2 aliphatic carbocycles. The number of hydrogen-bond acceptors (Lipinski definition) is 6. The van der Waals surface area contributed by atoms with Gasteiger partial charge in [-0.25, -0.2) is 9.59 Å². The number of ether oxygens (including phenoxy) is 4. The van der Waals surface area contributed by atoms with E-state index >= 15 is 0 Å². The standard InChI is InChI=1S/C26H48N2O6/c1-19(2)31-21-13-7-9-15-23(21)33-25(29)27-17-11-5-6-12-18-28-26(30)34-24-16-10-8-14-22(24)32-20(3)4/h19-24H,5-18H2,1-4H3,(H,27,29)(H,28,30)/t21-,22-,23-,24+/m0/s1. The third kappa shape index (κ3) is 11.7. The predicted molar refractivity (Wildman–Crippen MR) is 132 cm³/mol. The zero-order chi connectivity index (χ0) is 24.8. The van der Waals surface area contributed by atoms with Crippen molar-refractivity contribution in [3.63, 3.8) is 0 Å². The molecule has 2 amide bonds. The molecule has 0 saturated heterocycles. The fourth-order valence-corrected chi connectivity index (χ4v) is 4.75. The van der Waals surface area contributed by atoms with Crippen LogP contribution in [0.5, 0.6) is 0 Å². The summed E-state index contributed by atoms with van der Waals surface area (Å²) in [4.78, 5) is 24.3. The van der Waals surface area contributed by atoms with Crippen LogP contribution in [0.4, 0.5) is 9.59 Å². The molecule has 2 rings (SSSR count). The third-order valence-electron chi connectivity index (χ3n) is 6.34. The van der Waals surface area contributed by atoms with Crippen molar-refractivity contribution >= 4 is 12.2 Å². The van der Waals surface area contributed by atoms with Gasteiger partial charge in [-0.3, -0.25) is 0 Å². The van der Waals surface area contributed by atoms with E-state index in [0.29, 0.717) is 13.1 Å². The highest BCUT2D eigenvalue weighted by atomic mass is 16.6. The minimum absolute atomic E-state index is 0.00502. The lowest BCUT2D eigenvalue weighted by atomic mass is 9.94. The first-order valence-corrected chi connectivity index (χ1v) is 13.5. The van der Waals surface area contributed by atoms with Gasteiger partial charge in [-0.1, -0.05) is 25.7 Å². The van der Waals surface area contributed by atoms with Gasteiger partial charge in [0.05, 0.1) is 24.4 Å². The van der Waals surface area contributed by atoms with Crippen molar-refractivity contribution in [3.8, 4) is 0 Å². The third-order valence-corrected chi connectivity index (χ3v) is 6.34. The molecular formula is C26H48N2O6. The zero-order valence-corrected chi connectivity index (χ0v) is 21.8. The molecule has 2 aliphatic rings. The lowest BCUT2D eigenvalue weighted by Crippen LogP contribution is -2.40. The summed E-state index contributed by atoms with van der Waals surface area (Å²) in [7, 11) is 0. The van der Waals surface area contributed by atoms with Crippen molar-refractivity contribution in [2.24, 2.45) is 0 Å². The summed E-state index contributed by atoms with van der Waals surface area (Å²) in [6, 6.07) is 0. The number of hydrogen-bond donors (Lipinski definition) is 2. The van der Waals surface area contributed by atoms with Gasteiger partial charge in [-0.2, -0.15) is 0 Å². The summed E-state index contributed by atoms with van der Waals surface area (Å²) in [6.45, 7) is 9.24. The molecule has 0 heterocycles. The van der Waals surface area contributed by atoms with Crippen LogP contribution in [0.1, 0.15) is 105 Å².